The molecule has 0 aliphatic heterocycles. The molecule has 1 unspecified atom stereocenters. The molecule has 6 nitrogen and oxygen atoms in total. The van der Waals surface area contributed by atoms with Gasteiger partial charge in [0.05, 0.1) is 12.6 Å². The number of hydrogen-bond acceptors (Lipinski definition) is 4. The molecule has 0 aliphatic rings. The predicted octanol–water partition coefficient (Wildman–Crippen LogP) is 2.48. The van der Waals surface area contributed by atoms with Crippen LogP contribution in [0.5, 0.6) is 0 Å². The highest BCUT2D eigenvalue weighted by Gasteiger charge is 2.17. The lowest BCUT2D eigenvalue weighted by molar-refractivity contribution is -0.122. The number of hydrogen-bond donors (Lipinski definition) is 1. The lowest BCUT2D eigenvalue weighted by atomic mass is 10.1. The van der Waals surface area contributed by atoms with Crippen LogP contribution in [0, 0.1) is 6.92 Å². The van der Waals surface area contributed by atoms with Gasteiger partial charge in [-0.3, -0.25) is 9.69 Å². The minimum atomic E-state index is -0.171. The predicted molar refractivity (Wildman–Crippen MR) is 94.5 cm³/mol. The Labute approximate surface area is 143 Å². The van der Waals surface area contributed by atoms with Crippen LogP contribution in [-0.2, 0) is 11.3 Å². The summed E-state index contributed by atoms with van der Waals surface area (Å²) in [6.45, 7) is 9.21. The van der Waals surface area contributed by atoms with Gasteiger partial charge in [0.2, 0.25) is 5.91 Å². The van der Waals surface area contributed by atoms with Crippen molar-refractivity contribution < 1.29 is 4.79 Å². The van der Waals surface area contributed by atoms with E-state index in [1.165, 1.54) is 11.1 Å². The number of carbonyl (C=O) groups is 1. The molecule has 6 heteroatoms. The number of benzene rings is 1. The molecule has 1 atom stereocenters. The Hall–Kier alpha value is -2.21. The van der Waals surface area contributed by atoms with E-state index in [0.717, 1.165) is 12.4 Å². The van der Waals surface area contributed by atoms with Crippen molar-refractivity contribution in [3.8, 4) is 0 Å². The molecule has 1 N–H and O–H groups in total. The summed E-state index contributed by atoms with van der Waals surface area (Å²) in [4.78, 5) is 14.3. The third-order valence-electron chi connectivity index (χ3n) is 3.91. The van der Waals surface area contributed by atoms with Crippen LogP contribution in [0.25, 0.3) is 0 Å². The second-order valence-corrected chi connectivity index (χ2v) is 6.64. The molecular formula is C18H27N5O. The second-order valence-electron chi connectivity index (χ2n) is 6.64. The van der Waals surface area contributed by atoms with Gasteiger partial charge in [-0.2, -0.15) is 0 Å². The molecular weight excluding hydrogens is 302 g/mol. The van der Waals surface area contributed by atoms with Gasteiger partial charge in [-0.05, 0) is 40.3 Å². The minimum absolute atomic E-state index is 0.0181. The van der Waals surface area contributed by atoms with E-state index in [4.69, 9.17) is 0 Å². The zero-order chi connectivity index (χ0) is 17.7. The first-order valence-corrected chi connectivity index (χ1v) is 8.29. The van der Waals surface area contributed by atoms with Crippen LogP contribution >= 0.6 is 0 Å². The van der Waals surface area contributed by atoms with Crippen molar-refractivity contribution in [2.75, 3.05) is 13.6 Å². The van der Waals surface area contributed by atoms with Gasteiger partial charge in [-0.15, -0.1) is 10.2 Å². The Morgan fingerprint density at radius 1 is 1.25 bits per heavy atom. The van der Waals surface area contributed by atoms with Gasteiger partial charge in [0.1, 0.15) is 6.33 Å². The number of aryl methyl sites for hydroxylation is 1. The van der Waals surface area contributed by atoms with Crippen molar-refractivity contribution in [2.45, 2.75) is 46.3 Å². The fraction of sp³-hybridized carbons (Fsp3) is 0.500. The summed E-state index contributed by atoms with van der Waals surface area (Å²) in [7, 11) is 1.95. The minimum Gasteiger partial charge on any atom is -0.345 e. The van der Waals surface area contributed by atoms with Gasteiger partial charge < -0.3 is 9.88 Å². The Kier molecular flexibility index (Phi) is 6.09. The average molecular weight is 329 g/mol. The summed E-state index contributed by atoms with van der Waals surface area (Å²) in [6.07, 6.45) is 1.70. The van der Waals surface area contributed by atoms with E-state index < -0.39 is 0 Å². The maximum absolute atomic E-state index is 12.3. The normalized spacial score (nSPS) is 12.6. The van der Waals surface area contributed by atoms with Gasteiger partial charge in [-0.25, -0.2) is 0 Å². The molecule has 1 heterocycles. The van der Waals surface area contributed by atoms with E-state index in [1.54, 1.807) is 6.33 Å². The highest BCUT2D eigenvalue weighted by atomic mass is 16.2. The number of rotatable bonds is 7. The van der Waals surface area contributed by atoms with E-state index in [1.807, 2.05) is 23.4 Å². The van der Waals surface area contributed by atoms with Crippen molar-refractivity contribution >= 4 is 5.91 Å². The number of nitrogens with zero attached hydrogens (tertiary/aromatic N) is 4. The third kappa shape index (κ3) is 4.89. The van der Waals surface area contributed by atoms with Crippen molar-refractivity contribution in [3.63, 3.8) is 0 Å². The molecule has 2 aromatic rings. The molecule has 0 fully saturated rings. The summed E-state index contributed by atoms with van der Waals surface area (Å²) in [6, 6.07) is 8.46. The van der Waals surface area contributed by atoms with Crippen LogP contribution in [0.3, 0.4) is 0 Å². The Morgan fingerprint density at radius 3 is 2.54 bits per heavy atom. The smallest absolute Gasteiger partial charge is 0.234 e. The quantitative estimate of drug-likeness (QED) is 0.847. The Morgan fingerprint density at radius 2 is 1.92 bits per heavy atom. The Bertz CT molecular complexity index is 662. The molecule has 0 spiro atoms. The van der Waals surface area contributed by atoms with Gasteiger partial charge in [-0.1, -0.05) is 29.8 Å². The summed E-state index contributed by atoms with van der Waals surface area (Å²) >= 11 is 0. The number of likely N-dealkylation sites (N-methyl/N-ethyl adjacent to an activating group) is 1. The van der Waals surface area contributed by atoms with Gasteiger partial charge in [0, 0.05) is 12.6 Å². The van der Waals surface area contributed by atoms with Crippen molar-refractivity contribution in [1.29, 1.82) is 0 Å². The summed E-state index contributed by atoms with van der Waals surface area (Å²) in [5.74, 6) is 0.759. The lowest BCUT2D eigenvalue weighted by Gasteiger charge is -2.20. The maximum Gasteiger partial charge on any atom is 0.234 e. The molecule has 0 saturated carbocycles. The van der Waals surface area contributed by atoms with Gasteiger partial charge in [0.15, 0.2) is 5.82 Å². The fourth-order valence-electron chi connectivity index (χ4n) is 2.62. The third-order valence-corrected chi connectivity index (χ3v) is 3.91. The van der Waals surface area contributed by atoms with E-state index in [2.05, 4.69) is 60.6 Å². The molecule has 0 saturated heterocycles. The zero-order valence-corrected chi connectivity index (χ0v) is 15.2. The van der Waals surface area contributed by atoms with Gasteiger partial charge in [0.25, 0.3) is 0 Å². The van der Waals surface area contributed by atoms with Crippen molar-refractivity contribution in [1.82, 2.24) is 25.0 Å². The highest BCUT2D eigenvalue weighted by molar-refractivity contribution is 5.78. The van der Waals surface area contributed by atoms with Crippen LogP contribution in [0.2, 0.25) is 0 Å². The second kappa shape index (κ2) is 8.06. The topological polar surface area (TPSA) is 63.1 Å². The fourth-order valence-corrected chi connectivity index (χ4v) is 2.62. The number of nitrogens with one attached hydrogen (secondary N) is 1. The number of carbonyl (C=O) groups excluding carboxylic acids is 1. The molecule has 0 aliphatic carbocycles. The SMILES string of the molecule is Cc1ccc(CN(C)CC(=O)NC(C)c2nncn2C(C)C)cc1. The first kappa shape index (κ1) is 18.1. The first-order valence-electron chi connectivity index (χ1n) is 8.29. The van der Waals surface area contributed by atoms with Crippen LogP contribution in [0.1, 0.15) is 49.8 Å². The lowest BCUT2D eigenvalue weighted by Crippen LogP contribution is -2.37. The molecule has 1 amide bonds. The molecule has 1 aromatic heterocycles. The van der Waals surface area contributed by atoms with E-state index >= 15 is 0 Å². The standard InChI is InChI=1S/C18H27N5O/c1-13(2)23-12-19-21-18(23)15(4)20-17(24)11-22(5)10-16-8-6-14(3)7-9-16/h6-9,12-13,15H,10-11H2,1-5H3,(H,20,24). The number of aromatic nitrogens is 3. The molecule has 24 heavy (non-hydrogen) atoms. The molecule has 130 valence electrons. The first-order chi connectivity index (χ1) is 11.4. The Balaban J connectivity index is 1.87. The van der Waals surface area contributed by atoms with Crippen LogP contribution in [0.4, 0.5) is 0 Å². The zero-order valence-electron chi connectivity index (χ0n) is 15.2. The average Bonchev–Trinajstić information content (AvgIpc) is 2.99. The largest absolute Gasteiger partial charge is 0.345 e. The van der Waals surface area contributed by atoms with E-state index in [9.17, 15) is 4.79 Å². The van der Waals surface area contributed by atoms with Gasteiger partial charge >= 0.3 is 0 Å². The molecule has 0 radical (unpaired) electrons. The van der Waals surface area contributed by atoms with Crippen molar-refractivity contribution in [3.05, 3.63) is 47.5 Å². The summed E-state index contributed by atoms with van der Waals surface area (Å²) in [5, 5.41) is 11.1. The monoisotopic (exact) mass is 329 g/mol. The maximum atomic E-state index is 12.3. The van der Waals surface area contributed by atoms with Crippen molar-refractivity contribution in [2.24, 2.45) is 0 Å². The molecule has 2 rings (SSSR count). The highest BCUT2D eigenvalue weighted by Crippen LogP contribution is 2.14. The van der Waals surface area contributed by atoms with E-state index in [-0.39, 0.29) is 18.0 Å². The summed E-state index contributed by atoms with van der Waals surface area (Å²) < 4.78 is 1.97. The van der Waals surface area contributed by atoms with E-state index in [0.29, 0.717) is 6.54 Å². The molecule has 0 bridgehead atoms. The van der Waals surface area contributed by atoms with Crippen LogP contribution in [0.15, 0.2) is 30.6 Å². The summed E-state index contributed by atoms with van der Waals surface area (Å²) in [5.41, 5.74) is 2.44. The van der Waals surface area contributed by atoms with Crippen LogP contribution < -0.4 is 5.32 Å². The number of amides is 1. The van der Waals surface area contributed by atoms with Crippen LogP contribution in [-0.4, -0.2) is 39.2 Å². The molecule has 1 aromatic carbocycles.